The molecular formula is C22H22N6O2. The van der Waals surface area contributed by atoms with Gasteiger partial charge >= 0.3 is 0 Å². The number of nitrogens with two attached hydrogens (primary N) is 1. The van der Waals surface area contributed by atoms with E-state index in [0.29, 0.717) is 48.0 Å². The van der Waals surface area contributed by atoms with Crippen molar-refractivity contribution in [1.82, 2.24) is 19.9 Å². The van der Waals surface area contributed by atoms with Gasteiger partial charge in [0.1, 0.15) is 17.6 Å². The molecule has 0 bridgehead atoms. The van der Waals surface area contributed by atoms with E-state index in [1.807, 2.05) is 19.9 Å². The fraction of sp³-hybridized carbons (Fsp3) is 0.318. The molecular weight excluding hydrogens is 380 g/mol. The van der Waals surface area contributed by atoms with Gasteiger partial charge in [0, 0.05) is 23.7 Å². The molecule has 1 atom stereocenters. The summed E-state index contributed by atoms with van der Waals surface area (Å²) < 4.78 is 5.73. The quantitative estimate of drug-likeness (QED) is 0.696. The van der Waals surface area contributed by atoms with Crippen LogP contribution >= 0.6 is 0 Å². The van der Waals surface area contributed by atoms with Gasteiger partial charge in [-0.2, -0.15) is 5.26 Å². The first kappa shape index (κ1) is 19.7. The van der Waals surface area contributed by atoms with Gasteiger partial charge in [-0.25, -0.2) is 9.97 Å². The highest BCUT2D eigenvalue weighted by atomic mass is 16.5. The monoisotopic (exact) mass is 402 g/mol. The van der Waals surface area contributed by atoms with E-state index in [4.69, 9.17) is 15.7 Å². The Morgan fingerprint density at radius 2 is 2.20 bits per heavy atom. The highest BCUT2D eigenvalue weighted by Crippen LogP contribution is 2.37. The van der Waals surface area contributed by atoms with Crippen LogP contribution in [0.1, 0.15) is 59.2 Å². The van der Waals surface area contributed by atoms with Gasteiger partial charge in [0.25, 0.3) is 5.91 Å². The lowest BCUT2D eigenvalue weighted by Gasteiger charge is -2.21. The van der Waals surface area contributed by atoms with Crippen LogP contribution in [0, 0.1) is 11.3 Å². The molecule has 3 aromatic rings. The number of anilines is 1. The number of amides is 1. The summed E-state index contributed by atoms with van der Waals surface area (Å²) in [6.07, 6.45) is 3.78. The molecule has 0 spiro atoms. The van der Waals surface area contributed by atoms with Crippen LogP contribution in [0.4, 0.5) is 5.82 Å². The zero-order valence-electron chi connectivity index (χ0n) is 16.9. The summed E-state index contributed by atoms with van der Waals surface area (Å²) in [6, 6.07) is 7.29. The fourth-order valence-electron chi connectivity index (χ4n) is 3.75. The largest absolute Gasteiger partial charge is 0.383 e. The molecule has 152 valence electrons. The minimum Gasteiger partial charge on any atom is -0.383 e. The highest BCUT2D eigenvalue weighted by Gasteiger charge is 2.26. The molecule has 0 aromatic carbocycles. The Morgan fingerprint density at radius 3 is 2.90 bits per heavy atom. The second-order valence-electron chi connectivity index (χ2n) is 7.31. The van der Waals surface area contributed by atoms with Gasteiger partial charge in [-0.3, -0.25) is 9.78 Å². The highest BCUT2D eigenvalue weighted by molar-refractivity contribution is 5.97. The number of carbonyl (C=O) groups is 1. The molecule has 30 heavy (non-hydrogen) atoms. The zero-order valence-corrected chi connectivity index (χ0v) is 16.9. The third kappa shape index (κ3) is 3.55. The van der Waals surface area contributed by atoms with E-state index in [-0.39, 0.29) is 12.0 Å². The summed E-state index contributed by atoms with van der Waals surface area (Å²) in [5.41, 5.74) is 10.2. The van der Waals surface area contributed by atoms with Crippen molar-refractivity contribution in [2.75, 3.05) is 12.3 Å². The molecule has 1 amide bonds. The van der Waals surface area contributed by atoms with Crippen LogP contribution < -0.4 is 5.73 Å². The summed E-state index contributed by atoms with van der Waals surface area (Å²) in [5.74, 6) is 0.269. The number of carbonyl (C=O) groups excluding carboxylic acids is 1. The Balaban J connectivity index is 1.67. The van der Waals surface area contributed by atoms with E-state index in [1.54, 1.807) is 29.3 Å². The minimum absolute atomic E-state index is 0.122. The van der Waals surface area contributed by atoms with Gasteiger partial charge in [-0.15, -0.1) is 0 Å². The van der Waals surface area contributed by atoms with Gasteiger partial charge < -0.3 is 15.4 Å². The summed E-state index contributed by atoms with van der Waals surface area (Å²) in [4.78, 5) is 28.0. The third-order valence-electron chi connectivity index (χ3n) is 5.24. The topological polar surface area (TPSA) is 118 Å². The Labute approximate surface area is 174 Å². The first-order chi connectivity index (χ1) is 14.5. The summed E-state index contributed by atoms with van der Waals surface area (Å²) in [6.45, 7) is 5.30. The van der Waals surface area contributed by atoms with Crippen molar-refractivity contribution in [3.8, 4) is 6.07 Å². The van der Waals surface area contributed by atoms with E-state index in [1.165, 1.54) is 6.20 Å². The number of aromatic nitrogens is 3. The van der Waals surface area contributed by atoms with Gasteiger partial charge in [0.15, 0.2) is 0 Å². The molecule has 8 heteroatoms. The predicted octanol–water partition coefficient (Wildman–Crippen LogP) is 3.12. The maximum atomic E-state index is 13.2. The molecule has 2 N–H and O–H groups in total. The smallest absolute Gasteiger partial charge is 0.272 e. The Morgan fingerprint density at radius 1 is 1.37 bits per heavy atom. The molecule has 1 aliphatic rings. The number of pyridine rings is 3. The average molecular weight is 402 g/mol. The number of hydrogen-bond acceptors (Lipinski definition) is 7. The van der Waals surface area contributed by atoms with Crippen molar-refractivity contribution >= 4 is 22.6 Å². The predicted molar refractivity (Wildman–Crippen MR) is 111 cm³/mol. The lowest BCUT2D eigenvalue weighted by molar-refractivity contribution is 0.0735. The van der Waals surface area contributed by atoms with Crippen molar-refractivity contribution in [2.45, 2.75) is 39.5 Å². The lowest BCUT2D eigenvalue weighted by atomic mass is 10.0. The van der Waals surface area contributed by atoms with E-state index in [9.17, 15) is 4.79 Å². The number of ether oxygens (including phenoxy) is 1. The molecule has 8 nitrogen and oxygen atoms in total. The molecule has 3 aromatic heterocycles. The van der Waals surface area contributed by atoms with Crippen molar-refractivity contribution in [3.05, 3.63) is 58.7 Å². The normalized spacial score (nSPS) is 15.0. The zero-order chi connectivity index (χ0) is 21.3. The number of nitrogen functional groups attached to an aromatic ring is 1. The van der Waals surface area contributed by atoms with Crippen molar-refractivity contribution in [3.63, 3.8) is 0 Å². The molecule has 4 heterocycles. The maximum absolute atomic E-state index is 13.2. The molecule has 0 fully saturated rings. The molecule has 0 saturated heterocycles. The van der Waals surface area contributed by atoms with E-state index in [0.717, 1.165) is 22.9 Å². The van der Waals surface area contributed by atoms with Gasteiger partial charge in [-0.1, -0.05) is 6.92 Å². The Hall–Kier alpha value is -3.57. The summed E-state index contributed by atoms with van der Waals surface area (Å²) >= 11 is 0. The van der Waals surface area contributed by atoms with Crippen LogP contribution in [0.25, 0.3) is 10.9 Å². The lowest BCUT2D eigenvalue weighted by Crippen LogP contribution is -2.32. The minimum atomic E-state index is -0.178. The molecule has 0 radical (unpaired) electrons. The van der Waals surface area contributed by atoms with E-state index in [2.05, 4.69) is 15.0 Å². The van der Waals surface area contributed by atoms with Crippen molar-refractivity contribution in [2.24, 2.45) is 0 Å². The van der Waals surface area contributed by atoms with Crippen LogP contribution in [0.15, 0.2) is 30.6 Å². The first-order valence-corrected chi connectivity index (χ1v) is 9.85. The number of nitriles is 1. The number of hydrogen-bond donors (Lipinski definition) is 1. The average Bonchev–Trinajstić information content (AvgIpc) is 3.16. The Bertz CT molecular complexity index is 1150. The fourth-order valence-corrected chi connectivity index (χ4v) is 3.75. The molecule has 4 rings (SSSR count). The van der Waals surface area contributed by atoms with Crippen molar-refractivity contribution in [1.29, 1.82) is 5.26 Å². The maximum Gasteiger partial charge on any atom is 0.272 e. The summed E-state index contributed by atoms with van der Waals surface area (Å²) in [7, 11) is 0. The molecule has 1 aliphatic heterocycles. The molecule has 0 unspecified atom stereocenters. The number of nitrogens with zero attached hydrogens (tertiary/aromatic N) is 5. The number of fused-ring (bicyclic) bond motifs is 3. The second kappa shape index (κ2) is 8.05. The van der Waals surface area contributed by atoms with E-state index >= 15 is 0 Å². The summed E-state index contributed by atoms with van der Waals surface area (Å²) in [5, 5.41) is 9.78. The van der Waals surface area contributed by atoms with Crippen LogP contribution in [-0.4, -0.2) is 32.3 Å². The van der Waals surface area contributed by atoms with Crippen LogP contribution in [0.5, 0.6) is 0 Å². The third-order valence-corrected chi connectivity index (χ3v) is 5.24. The Kier molecular flexibility index (Phi) is 5.29. The second-order valence-corrected chi connectivity index (χ2v) is 7.31. The van der Waals surface area contributed by atoms with Crippen molar-refractivity contribution < 1.29 is 9.53 Å². The van der Waals surface area contributed by atoms with Crippen LogP contribution in [-0.2, 0) is 17.9 Å². The van der Waals surface area contributed by atoms with E-state index < -0.39 is 0 Å². The number of rotatable bonds is 5. The molecule has 0 saturated carbocycles. The molecule has 0 aliphatic carbocycles. The van der Waals surface area contributed by atoms with Crippen LogP contribution in [0.3, 0.4) is 0 Å². The first-order valence-electron chi connectivity index (χ1n) is 9.85. The van der Waals surface area contributed by atoms with Crippen LogP contribution in [0.2, 0.25) is 0 Å². The standard InChI is InChI=1S/C22H22N6O2/c1-3-6-28(11-15-5-4-14(8-23)9-25-15)22(29)18-7-16-17-12-30-13(2)20(17)21(24)27-19(16)10-26-18/h4-5,7,9-10,13H,3,6,11-12H2,1-2H3,(H2,24,27)/t13-/m1/s1. The van der Waals surface area contributed by atoms with Gasteiger partial charge in [-0.05, 0) is 37.1 Å². The van der Waals surface area contributed by atoms with Gasteiger partial charge in [0.2, 0.25) is 0 Å². The SMILES string of the molecule is CCCN(Cc1ccc(C#N)cn1)C(=O)c1cc2c3c(c(N)nc2cn1)[C@@H](C)OC3. The van der Waals surface area contributed by atoms with Gasteiger partial charge in [0.05, 0.1) is 42.2 Å².